The van der Waals surface area contributed by atoms with Crippen LogP contribution in [0.3, 0.4) is 0 Å². The lowest BCUT2D eigenvalue weighted by Gasteiger charge is -2.14. The standard InChI is InChI=1S/C22H21N3O4/c1-13(21(27)23-16-10-9-14-5-4-6-15(14)11-16)29-20(26)12-19-17-7-2-3-8-18(17)22(28)25-24-19/h2-3,7-11,13H,4-6,12H2,1H3,(H,23,27)(H,25,28). The molecule has 148 valence electrons. The van der Waals surface area contributed by atoms with E-state index in [0.717, 1.165) is 19.3 Å². The van der Waals surface area contributed by atoms with Gasteiger partial charge in [-0.3, -0.25) is 14.4 Å². The van der Waals surface area contributed by atoms with Crippen LogP contribution in [0, 0.1) is 0 Å². The fourth-order valence-corrected chi connectivity index (χ4v) is 3.63. The van der Waals surface area contributed by atoms with Gasteiger partial charge < -0.3 is 10.1 Å². The van der Waals surface area contributed by atoms with E-state index in [1.165, 1.54) is 18.1 Å². The largest absolute Gasteiger partial charge is 0.452 e. The number of H-pyrrole nitrogens is 1. The quantitative estimate of drug-likeness (QED) is 0.651. The molecule has 0 saturated heterocycles. The summed E-state index contributed by atoms with van der Waals surface area (Å²) in [5.74, 6) is -0.984. The molecule has 1 unspecified atom stereocenters. The van der Waals surface area contributed by atoms with Gasteiger partial charge in [0.1, 0.15) is 0 Å². The Balaban J connectivity index is 1.40. The number of ether oxygens (including phenoxy) is 1. The van der Waals surface area contributed by atoms with Crippen LogP contribution in [0.15, 0.2) is 47.3 Å². The van der Waals surface area contributed by atoms with Crippen molar-refractivity contribution in [2.45, 2.75) is 38.7 Å². The number of nitrogens with one attached hydrogen (secondary N) is 2. The van der Waals surface area contributed by atoms with Crippen molar-refractivity contribution in [3.63, 3.8) is 0 Å². The maximum atomic E-state index is 12.4. The van der Waals surface area contributed by atoms with Gasteiger partial charge >= 0.3 is 5.97 Å². The van der Waals surface area contributed by atoms with E-state index in [1.54, 1.807) is 24.3 Å². The van der Waals surface area contributed by atoms with Crippen LogP contribution in [0.1, 0.15) is 30.2 Å². The van der Waals surface area contributed by atoms with Gasteiger partial charge in [-0.15, -0.1) is 0 Å². The fraction of sp³-hybridized carbons (Fsp3) is 0.273. The molecular weight excluding hydrogens is 370 g/mol. The summed E-state index contributed by atoms with van der Waals surface area (Å²) in [5, 5.41) is 10.2. The lowest BCUT2D eigenvalue weighted by Crippen LogP contribution is -2.30. The van der Waals surface area contributed by atoms with Crippen molar-refractivity contribution in [2.24, 2.45) is 0 Å². The molecule has 3 aromatic rings. The van der Waals surface area contributed by atoms with Crippen molar-refractivity contribution in [3.8, 4) is 0 Å². The summed E-state index contributed by atoms with van der Waals surface area (Å²) < 4.78 is 5.28. The zero-order valence-electron chi connectivity index (χ0n) is 16.0. The summed E-state index contributed by atoms with van der Waals surface area (Å²) in [4.78, 5) is 36.6. The Morgan fingerprint density at radius 2 is 1.90 bits per heavy atom. The minimum absolute atomic E-state index is 0.145. The van der Waals surface area contributed by atoms with Gasteiger partial charge in [0.2, 0.25) is 0 Å². The summed E-state index contributed by atoms with van der Waals surface area (Å²) >= 11 is 0. The maximum absolute atomic E-state index is 12.4. The third-order valence-corrected chi connectivity index (χ3v) is 5.13. The molecule has 1 heterocycles. The number of hydrogen-bond acceptors (Lipinski definition) is 5. The van der Waals surface area contributed by atoms with Crippen LogP contribution in [0.5, 0.6) is 0 Å². The predicted molar refractivity (Wildman–Crippen MR) is 109 cm³/mol. The average molecular weight is 391 g/mol. The van der Waals surface area contributed by atoms with Gasteiger partial charge in [0, 0.05) is 11.1 Å². The molecular formula is C22H21N3O4. The van der Waals surface area contributed by atoms with Crippen LogP contribution < -0.4 is 10.9 Å². The molecule has 0 saturated carbocycles. The minimum atomic E-state index is -0.954. The molecule has 0 aliphatic heterocycles. The van der Waals surface area contributed by atoms with E-state index in [-0.39, 0.29) is 12.0 Å². The van der Waals surface area contributed by atoms with Crippen molar-refractivity contribution < 1.29 is 14.3 Å². The number of rotatable bonds is 5. The van der Waals surface area contributed by atoms with E-state index in [2.05, 4.69) is 15.5 Å². The fourth-order valence-electron chi connectivity index (χ4n) is 3.63. The van der Waals surface area contributed by atoms with E-state index >= 15 is 0 Å². The number of carbonyl (C=O) groups is 2. The first-order valence-electron chi connectivity index (χ1n) is 9.60. The van der Waals surface area contributed by atoms with Gasteiger partial charge in [-0.2, -0.15) is 5.10 Å². The van der Waals surface area contributed by atoms with Gasteiger partial charge in [0.25, 0.3) is 11.5 Å². The van der Waals surface area contributed by atoms with E-state index < -0.39 is 18.0 Å². The van der Waals surface area contributed by atoms with Crippen molar-refractivity contribution in [1.82, 2.24) is 10.2 Å². The highest BCUT2D eigenvalue weighted by Gasteiger charge is 2.20. The second-order valence-electron chi connectivity index (χ2n) is 7.18. The number of aryl methyl sites for hydroxylation is 2. The van der Waals surface area contributed by atoms with E-state index in [1.807, 2.05) is 18.2 Å². The first kappa shape index (κ1) is 18.9. The molecule has 7 nitrogen and oxygen atoms in total. The van der Waals surface area contributed by atoms with Gasteiger partial charge in [-0.05, 0) is 55.5 Å². The Bertz CT molecular complexity index is 1150. The molecule has 2 N–H and O–H groups in total. The summed E-state index contributed by atoms with van der Waals surface area (Å²) in [5.41, 5.74) is 3.36. The molecule has 0 spiro atoms. The molecule has 1 aromatic heterocycles. The number of carbonyl (C=O) groups excluding carboxylic acids is 2. The predicted octanol–water partition coefficient (Wildman–Crippen LogP) is 2.52. The highest BCUT2D eigenvalue weighted by Crippen LogP contribution is 2.25. The van der Waals surface area contributed by atoms with Gasteiger partial charge in [-0.1, -0.05) is 24.3 Å². The molecule has 0 radical (unpaired) electrons. The van der Waals surface area contributed by atoms with Gasteiger partial charge in [0.15, 0.2) is 6.10 Å². The van der Waals surface area contributed by atoms with Gasteiger partial charge in [-0.25, -0.2) is 5.10 Å². The Morgan fingerprint density at radius 3 is 2.72 bits per heavy atom. The number of aromatic nitrogens is 2. The normalized spacial score (nSPS) is 13.7. The number of aromatic amines is 1. The number of benzene rings is 2. The SMILES string of the molecule is CC(OC(=O)Cc1n[nH]c(=O)c2ccccc12)C(=O)Nc1ccc2c(c1)CCC2. The summed E-state index contributed by atoms with van der Waals surface area (Å²) in [7, 11) is 0. The zero-order valence-corrected chi connectivity index (χ0v) is 16.0. The zero-order chi connectivity index (χ0) is 20.4. The number of esters is 1. The smallest absolute Gasteiger partial charge is 0.312 e. The number of nitrogens with zero attached hydrogens (tertiary/aromatic N) is 1. The van der Waals surface area contributed by atoms with Crippen molar-refractivity contribution >= 4 is 28.3 Å². The second kappa shape index (κ2) is 7.87. The number of anilines is 1. The molecule has 1 aliphatic rings. The Kier molecular flexibility index (Phi) is 5.12. The number of hydrogen-bond donors (Lipinski definition) is 2. The van der Waals surface area contributed by atoms with Crippen LogP contribution in [0.25, 0.3) is 10.8 Å². The summed E-state index contributed by atoms with van der Waals surface area (Å²) in [6.07, 6.45) is 2.13. The minimum Gasteiger partial charge on any atom is -0.452 e. The van der Waals surface area contributed by atoms with Crippen molar-refractivity contribution in [3.05, 3.63) is 69.6 Å². The van der Waals surface area contributed by atoms with Crippen LogP contribution in [-0.2, 0) is 33.6 Å². The van der Waals surface area contributed by atoms with E-state index in [0.29, 0.717) is 22.2 Å². The third-order valence-electron chi connectivity index (χ3n) is 5.13. The molecule has 7 heteroatoms. The number of amides is 1. The van der Waals surface area contributed by atoms with Crippen molar-refractivity contribution in [1.29, 1.82) is 0 Å². The summed E-state index contributed by atoms with van der Waals surface area (Å²) in [6.45, 7) is 1.53. The van der Waals surface area contributed by atoms with Gasteiger partial charge in [0.05, 0.1) is 17.5 Å². The molecule has 0 fully saturated rings. The van der Waals surface area contributed by atoms with Crippen LogP contribution in [0.4, 0.5) is 5.69 Å². The molecule has 29 heavy (non-hydrogen) atoms. The first-order chi connectivity index (χ1) is 14.0. The highest BCUT2D eigenvalue weighted by atomic mass is 16.5. The Labute approximate surface area is 167 Å². The monoisotopic (exact) mass is 391 g/mol. The Morgan fingerprint density at radius 1 is 1.14 bits per heavy atom. The lowest BCUT2D eigenvalue weighted by molar-refractivity contribution is -0.152. The van der Waals surface area contributed by atoms with E-state index in [9.17, 15) is 14.4 Å². The third kappa shape index (κ3) is 4.03. The maximum Gasteiger partial charge on any atom is 0.312 e. The molecule has 1 aliphatic carbocycles. The van der Waals surface area contributed by atoms with Crippen LogP contribution in [0.2, 0.25) is 0 Å². The Hall–Kier alpha value is -3.48. The lowest BCUT2D eigenvalue weighted by atomic mass is 10.1. The summed E-state index contributed by atoms with van der Waals surface area (Å²) in [6, 6.07) is 12.8. The molecule has 2 aromatic carbocycles. The molecule has 4 rings (SSSR count). The molecule has 1 atom stereocenters. The molecule has 0 bridgehead atoms. The molecule has 1 amide bonds. The first-order valence-corrected chi connectivity index (χ1v) is 9.60. The topological polar surface area (TPSA) is 101 Å². The van der Waals surface area contributed by atoms with Crippen LogP contribution >= 0.6 is 0 Å². The average Bonchev–Trinajstić information content (AvgIpc) is 3.18. The van der Waals surface area contributed by atoms with Crippen molar-refractivity contribution in [2.75, 3.05) is 5.32 Å². The van der Waals surface area contributed by atoms with Crippen LogP contribution in [-0.4, -0.2) is 28.2 Å². The second-order valence-corrected chi connectivity index (χ2v) is 7.18. The number of fused-ring (bicyclic) bond motifs is 2. The highest BCUT2D eigenvalue weighted by molar-refractivity contribution is 5.95. The van der Waals surface area contributed by atoms with E-state index in [4.69, 9.17) is 4.74 Å².